The van der Waals surface area contributed by atoms with Crippen LogP contribution < -0.4 is 14.8 Å². The molecule has 0 bridgehead atoms. The summed E-state index contributed by atoms with van der Waals surface area (Å²) in [6.45, 7) is 4.62. The van der Waals surface area contributed by atoms with Gasteiger partial charge in [0.25, 0.3) is 5.91 Å². The van der Waals surface area contributed by atoms with Crippen LogP contribution in [0.3, 0.4) is 0 Å². The fourth-order valence-corrected chi connectivity index (χ4v) is 2.05. The molecule has 1 aliphatic rings. The average Bonchev–Trinajstić information content (AvgIpc) is 2.85. The molecular weight excluding hydrogens is 256 g/mol. The molecule has 1 aromatic carbocycles. The Kier molecular flexibility index (Phi) is 4.49. The van der Waals surface area contributed by atoms with Crippen LogP contribution in [0, 0.1) is 0 Å². The highest BCUT2D eigenvalue weighted by molar-refractivity contribution is 5.77. The van der Waals surface area contributed by atoms with Crippen LogP contribution in [0.5, 0.6) is 11.5 Å². The zero-order valence-electron chi connectivity index (χ0n) is 12.5. The molecule has 1 heterocycles. The number of fused-ring (bicyclic) bond motifs is 1. The van der Waals surface area contributed by atoms with E-state index in [1.54, 1.807) is 11.9 Å². The Bertz CT molecular complexity index is 488. The first kappa shape index (κ1) is 14.7. The maximum Gasteiger partial charge on any atom is 0.260 e. The fraction of sp³-hybridized carbons (Fsp3) is 0.533. The Labute approximate surface area is 119 Å². The van der Waals surface area contributed by atoms with Crippen molar-refractivity contribution in [3.63, 3.8) is 0 Å². The lowest BCUT2D eigenvalue weighted by atomic mass is 10.1. The third-order valence-electron chi connectivity index (χ3n) is 3.64. The summed E-state index contributed by atoms with van der Waals surface area (Å²) in [7, 11) is 3.69. The Hall–Kier alpha value is -1.75. The number of carbonyl (C=O) groups excluding carboxylic acids is 1. The molecular formula is C15H22N2O3. The summed E-state index contributed by atoms with van der Waals surface area (Å²) < 4.78 is 11.1. The minimum absolute atomic E-state index is 0.0329. The van der Waals surface area contributed by atoms with Gasteiger partial charge in [-0.15, -0.1) is 0 Å². The maximum absolute atomic E-state index is 11.8. The van der Waals surface area contributed by atoms with Crippen LogP contribution in [-0.4, -0.2) is 44.2 Å². The van der Waals surface area contributed by atoms with Crippen molar-refractivity contribution in [1.29, 1.82) is 0 Å². The van der Waals surface area contributed by atoms with E-state index in [2.05, 4.69) is 5.32 Å². The van der Waals surface area contributed by atoms with E-state index in [4.69, 9.17) is 9.47 Å². The lowest BCUT2D eigenvalue weighted by molar-refractivity contribution is -0.133. The van der Waals surface area contributed by atoms with E-state index in [1.165, 1.54) is 0 Å². The molecule has 0 spiro atoms. The minimum atomic E-state index is -0.0329. The summed E-state index contributed by atoms with van der Waals surface area (Å²) in [4.78, 5) is 13.5. The first-order chi connectivity index (χ1) is 9.52. The van der Waals surface area contributed by atoms with Gasteiger partial charge in [0.05, 0.1) is 6.04 Å². The van der Waals surface area contributed by atoms with Crippen LogP contribution in [0.25, 0.3) is 0 Å². The van der Waals surface area contributed by atoms with E-state index >= 15 is 0 Å². The van der Waals surface area contributed by atoms with Crippen LogP contribution >= 0.6 is 0 Å². The summed E-state index contributed by atoms with van der Waals surface area (Å²) >= 11 is 0. The van der Waals surface area contributed by atoms with Crippen molar-refractivity contribution >= 4 is 5.91 Å². The molecule has 1 atom stereocenters. The van der Waals surface area contributed by atoms with Gasteiger partial charge in [-0.3, -0.25) is 4.79 Å². The second kappa shape index (κ2) is 6.13. The molecule has 0 saturated heterocycles. The first-order valence-electron chi connectivity index (χ1n) is 6.85. The molecule has 0 radical (unpaired) electrons. The van der Waals surface area contributed by atoms with Crippen molar-refractivity contribution in [2.75, 3.05) is 27.3 Å². The van der Waals surface area contributed by atoms with E-state index in [0.717, 1.165) is 11.3 Å². The van der Waals surface area contributed by atoms with Gasteiger partial charge in [0.1, 0.15) is 18.1 Å². The molecule has 5 nitrogen and oxygen atoms in total. The monoisotopic (exact) mass is 278 g/mol. The Balaban J connectivity index is 1.97. The number of ether oxygens (including phenoxy) is 2. The molecule has 1 amide bonds. The third kappa shape index (κ3) is 3.04. The van der Waals surface area contributed by atoms with Crippen LogP contribution in [0.1, 0.15) is 25.5 Å². The van der Waals surface area contributed by atoms with Crippen molar-refractivity contribution in [1.82, 2.24) is 10.2 Å². The van der Waals surface area contributed by atoms with Gasteiger partial charge in [0.15, 0.2) is 6.61 Å². The summed E-state index contributed by atoms with van der Waals surface area (Å²) in [6, 6.07) is 6.10. The van der Waals surface area contributed by atoms with Crippen molar-refractivity contribution in [2.45, 2.75) is 25.9 Å². The number of carbonyl (C=O) groups is 1. The molecule has 1 aromatic rings. The molecule has 20 heavy (non-hydrogen) atoms. The SMILES string of the molecule is CNC1COc2cc(OCC(=O)N(C)C(C)C)ccc21. The summed E-state index contributed by atoms with van der Waals surface area (Å²) in [5.41, 5.74) is 1.13. The van der Waals surface area contributed by atoms with Crippen LogP contribution in [0.4, 0.5) is 0 Å². The Morgan fingerprint density at radius 3 is 2.95 bits per heavy atom. The molecule has 1 N–H and O–H groups in total. The highest BCUT2D eigenvalue weighted by Crippen LogP contribution is 2.34. The van der Waals surface area contributed by atoms with Crippen molar-refractivity contribution in [2.24, 2.45) is 0 Å². The Morgan fingerprint density at radius 2 is 2.30 bits per heavy atom. The highest BCUT2D eigenvalue weighted by atomic mass is 16.5. The van der Waals surface area contributed by atoms with Gasteiger partial charge in [-0.05, 0) is 33.0 Å². The van der Waals surface area contributed by atoms with Crippen molar-refractivity contribution < 1.29 is 14.3 Å². The largest absolute Gasteiger partial charge is 0.491 e. The molecule has 1 aliphatic heterocycles. The number of benzene rings is 1. The fourth-order valence-electron chi connectivity index (χ4n) is 2.05. The van der Waals surface area contributed by atoms with E-state index in [-0.39, 0.29) is 24.6 Å². The van der Waals surface area contributed by atoms with Crippen molar-refractivity contribution in [3.05, 3.63) is 23.8 Å². The highest BCUT2D eigenvalue weighted by Gasteiger charge is 2.23. The smallest absolute Gasteiger partial charge is 0.260 e. The summed E-state index contributed by atoms with van der Waals surface area (Å²) in [5.74, 6) is 1.45. The number of amides is 1. The van der Waals surface area contributed by atoms with E-state index < -0.39 is 0 Å². The second-order valence-electron chi connectivity index (χ2n) is 5.24. The zero-order chi connectivity index (χ0) is 14.7. The topological polar surface area (TPSA) is 50.8 Å². The van der Waals surface area contributed by atoms with E-state index in [0.29, 0.717) is 12.4 Å². The van der Waals surface area contributed by atoms with Gasteiger partial charge in [0, 0.05) is 24.7 Å². The lowest BCUT2D eigenvalue weighted by Gasteiger charge is -2.21. The maximum atomic E-state index is 11.8. The van der Waals surface area contributed by atoms with Gasteiger partial charge in [0.2, 0.25) is 0 Å². The second-order valence-corrected chi connectivity index (χ2v) is 5.24. The number of nitrogens with zero attached hydrogens (tertiary/aromatic N) is 1. The molecule has 1 unspecified atom stereocenters. The number of likely N-dealkylation sites (N-methyl/N-ethyl adjacent to an activating group) is 2. The first-order valence-corrected chi connectivity index (χ1v) is 6.85. The minimum Gasteiger partial charge on any atom is -0.491 e. The molecule has 0 aromatic heterocycles. The average molecular weight is 278 g/mol. The van der Waals surface area contributed by atoms with Gasteiger partial charge in [-0.25, -0.2) is 0 Å². The lowest BCUT2D eigenvalue weighted by Crippen LogP contribution is -2.36. The number of nitrogens with one attached hydrogen (secondary N) is 1. The normalized spacial score (nSPS) is 16.8. The van der Waals surface area contributed by atoms with Gasteiger partial charge in [-0.2, -0.15) is 0 Å². The van der Waals surface area contributed by atoms with Gasteiger partial charge >= 0.3 is 0 Å². The number of hydrogen-bond acceptors (Lipinski definition) is 4. The molecule has 0 aliphatic carbocycles. The van der Waals surface area contributed by atoms with Gasteiger partial charge in [-0.1, -0.05) is 0 Å². The standard InChI is InChI=1S/C15H22N2O3/c1-10(2)17(4)15(18)9-19-11-5-6-12-13(16-3)8-20-14(12)7-11/h5-7,10,13,16H,8-9H2,1-4H3. The van der Waals surface area contributed by atoms with Crippen molar-refractivity contribution in [3.8, 4) is 11.5 Å². The zero-order valence-corrected chi connectivity index (χ0v) is 12.5. The number of hydrogen-bond donors (Lipinski definition) is 1. The van der Waals surface area contributed by atoms with Crippen LogP contribution in [0.2, 0.25) is 0 Å². The third-order valence-corrected chi connectivity index (χ3v) is 3.64. The molecule has 0 saturated carbocycles. The molecule has 110 valence electrons. The predicted octanol–water partition coefficient (Wildman–Crippen LogP) is 1.59. The summed E-state index contributed by atoms with van der Waals surface area (Å²) in [6.07, 6.45) is 0. The molecule has 5 heteroatoms. The number of rotatable bonds is 5. The van der Waals surface area contributed by atoms with Gasteiger partial charge < -0.3 is 19.7 Å². The summed E-state index contributed by atoms with van der Waals surface area (Å²) in [5, 5.41) is 3.19. The van der Waals surface area contributed by atoms with Crippen LogP contribution in [-0.2, 0) is 4.79 Å². The van der Waals surface area contributed by atoms with E-state index in [1.807, 2.05) is 39.1 Å². The predicted molar refractivity (Wildman–Crippen MR) is 77.1 cm³/mol. The van der Waals surface area contributed by atoms with E-state index in [9.17, 15) is 4.79 Å². The molecule has 2 rings (SSSR count). The molecule has 0 fully saturated rings. The quantitative estimate of drug-likeness (QED) is 0.888. The van der Waals surface area contributed by atoms with Crippen LogP contribution in [0.15, 0.2) is 18.2 Å². The Morgan fingerprint density at radius 1 is 1.55 bits per heavy atom.